The van der Waals surface area contributed by atoms with Crippen molar-refractivity contribution in [3.63, 3.8) is 0 Å². The Bertz CT molecular complexity index is 241. The molecule has 6 heteroatoms. The lowest BCUT2D eigenvalue weighted by Crippen LogP contribution is -2.44. The SMILES string of the molecule is COC(=O)C(C)(OC(C)=O)OC(C)=O. The van der Waals surface area contributed by atoms with Gasteiger partial charge in [0.2, 0.25) is 0 Å². The van der Waals surface area contributed by atoms with Crippen LogP contribution in [0.2, 0.25) is 0 Å². The summed E-state index contributed by atoms with van der Waals surface area (Å²) >= 11 is 0. The number of carbonyl (C=O) groups is 3. The molecule has 0 saturated carbocycles. The fourth-order valence-electron chi connectivity index (χ4n) is 0.838. The average molecular weight is 204 g/mol. The van der Waals surface area contributed by atoms with Gasteiger partial charge in [0.15, 0.2) is 0 Å². The highest BCUT2D eigenvalue weighted by Crippen LogP contribution is 2.15. The Balaban J connectivity index is 4.74. The van der Waals surface area contributed by atoms with E-state index in [2.05, 4.69) is 14.2 Å². The minimum Gasteiger partial charge on any atom is -0.463 e. The van der Waals surface area contributed by atoms with E-state index in [0.717, 1.165) is 27.9 Å². The van der Waals surface area contributed by atoms with E-state index in [1.165, 1.54) is 0 Å². The summed E-state index contributed by atoms with van der Waals surface area (Å²) in [7, 11) is 1.09. The Morgan fingerprint density at radius 2 is 1.36 bits per heavy atom. The molecule has 6 nitrogen and oxygen atoms in total. The molecule has 14 heavy (non-hydrogen) atoms. The lowest BCUT2D eigenvalue weighted by Gasteiger charge is -2.24. The minimum atomic E-state index is -2.01. The molecular weight excluding hydrogens is 192 g/mol. The van der Waals surface area contributed by atoms with E-state index < -0.39 is 23.7 Å². The third-order valence-electron chi connectivity index (χ3n) is 1.23. The highest BCUT2D eigenvalue weighted by Gasteiger charge is 2.41. The summed E-state index contributed by atoms with van der Waals surface area (Å²) in [5.74, 6) is -4.46. The standard InChI is InChI=1S/C8H12O6/c1-5(9)13-8(3,7(11)12-4)14-6(2)10/h1-4H3. The molecule has 0 aromatic heterocycles. The lowest BCUT2D eigenvalue weighted by molar-refractivity contribution is -0.231. The second-order valence-electron chi connectivity index (χ2n) is 2.62. The molecule has 80 valence electrons. The Morgan fingerprint density at radius 3 is 1.57 bits per heavy atom. The molecule has 0 atom stereocenters. The molecule has 0 rings (SSSR count). The molecule has 0 bridgehead atoms. The fraction of sp³-hybridized carbons (Fsp3) is 0.625. The van der Waals surface area contributed by atoms with Gasteiger partial charge in [0.25, 0.3) is 0 Å². The molecular formula is C8H12O6. The van der Waals surface area contributed by atoms with Gasteiger partial charge in [-0.05, 0) is 0 Å². The summed E-state index contributed by atoms with van der Waals surface area (Å²) in [6.07, 6.45) is 0. The molecule has 0 aromatic carbocycles. The number of hydrogen-bond donors (Lipinski definition) is 0. The van der Waals surface area contributed by atoms with Crippen molar-refractivity contribution in [3.8, 4) is 0 Å². The summed E-state index contributed by atoms with van der Waals surface area (Å²) in [5.41, 5.74) is 0. The van der Waals surface area contributed by atoms with Gasteiger partial charge in [-0.15, -0.1) is 0 Å². The third-order valence-corrected chi connectivity index (χ3v) is 1.23. The molecule has 0 radical (unpaired) electrons. The van der Waals surface area contributed by atoms with Crippen LogP contribution in [0.25, 0.3) is 0 Å². The minimum absolute atomic E-state index is 0.751. The second-order valence-corrected chi connectivity index (χ2v) is 2.62. The van der Waals surface area contributed by atoms with E-state index in [4.69, 9.17) is 0 Å². The van der Waals surface area contributed by atoms with Crippen molar-refractivity contribution in [2.75, 3.05) is 7.11 Å². The number of methoxy groups -OCH3 is 1. The topological polar surface area (TPSA) is 78.9 Å². The van der Waals surface area contributed by atoms with Crippen molar-refractivity contribution >= 4 is 17.9 Å². The number of esters is 3. The smallest absolute Gasteiger partial charge is 0.392 e. The van der Waals surface area contributed by atoms with Crippen LogP contribution in [0.15, 0.2) is 0 Å². The average Bonchev–Trinajstić information content (AvgIpc) is 1.99. The lowest BCUT2D eigenvalue weighted by atomic mass is 10.3. The summed E-state index contributed by atoms with van der Waals surface area (Å²) in [4.78, 5) is 32.4. The van der Waals surface area contributed by atoms with Gasteiger partial charge in [0.05, 0.1) is 7.11 Å². The number of carbonyl (C=O) groups excluding carboxylic acids is 3. The van der Waals surface area contributed by atoms with Crippen LogP contribution in [0.4, 0.5) is 0 Å². The van der Waals surface area contributed by atoms with Crippen LogP contribution >= 0.6 is 0 Å². The molecule has 0 aliphatic heterocycles. The maximum atomic E-state index is 11.1. The van der Waals surface area contributed by atoms with Crippen LogP contribution in [-0.2, 0) is 28.6 Å². The Labute approximate surface area is 81.1 Å². The summed E-state index contributed by atoms with van der Waals surface area (Å²) < 4.78 is 13.4. The van der Waals surface area contributed by atoms with Gasteiger partial charge in [0.1, 0.15) is 0 Å². The van der Waals surface area contributed by atoms with Crippen molar-refractivity contribution in [3.05, 3.63) is 0 Å². The Kier molecular flexibility index (Phi) is 4.07. The van der Waals surface area contributed by atoms with Crippen molar-refractivity contribution in [1.29, 1.82) is 0 Å². The molecule has 0 amide bonds. The molecule has 0 heterocycles. The number of hydrogen-bond acceptors (Lipinski definition) is 6. The van der Waals surface area contributed by atoms with E-state index in [0.29, 0.717) is 0 Å². The van der Waals surface area contributed by atoms with Crippen molar-refractivity contribution in [1.82, 2.24) is 0 Å². The largest absolute Gasteiger partial charge is 0.463 e. The van der Waals surface area contributed by atoms with Crippen LogP contribution in [0, 0.1) is 0 Å². The first-order chi connectivity index (χ1) is 6.31. The van der Waals surface area contributed by atoms with Crippen LogP contribution < -0.4 is 0 Å². The van der Waals surface area contributed by atoms with Gasteiger partial charge in [0, 0.05) is 20.8 Å². The highest BCUT2D eigenvalue weighted by molar-refractivity contribution is 5.83. The maximum absolute atomic E-state index is 11.1. The van der Waals surface area contributed by atoms with Gasteiger partial charge >= 0.3 is 23.7 Å². The van der Waals surface area contributed by atoms with Gasteiger partial charge in [-0.2, -0.15) is 0 Å². The normalized spacial score (nSPS) is 10.3. The van der Waals surface area contributed by atoms with E-state index >= 15 is 0 Å². The Morgan fingerprint density at radius 1 is 1.00 bits per heavy atom. The maximum Gasteiger partial charge on any atom is 0.392 e. The highest BCUT2D eigenvalue weighted by atomic mass is 16.8. The zero-order chi connectivity index (χ0) is 11.4. The number of rotatable bonds is 3. The molecule has 0 unspecified atom stereocenters. The second kappa shape index (κ2) is 4.59. The van der Waals surface area contributed by atoms with E-state index in [1.54, 1.807) is 0 Å². The van der Waals surface area contributed by atoms with Gasteiger partial charge in [-0.1, -0.05) is 0 Å². The molecule has 0 fully saturated rings. The Hall–Kier alpha value is -1.59. The van der Waals surface area contributed by atoms with Crippen LogP contribution in [-0.4, -0.2) is 30.8 Å². The molecule has 0 aromatic rings. The summed E-state index contributed by atoms with van der Waals surface area (Å²) in [5, 5.41) is 0. The van der Waals surface area contributed by atoms with Gasteiger partial charge in [-0.3, -0.25) is 9.59 Å². The van der Waals surface area contributed by atoms with E-state index in [9.17, 15) is 14.4 Å². The summed E-state index contributed by atoms with van der Waals surface area (Å²) in [6.45, 7) is 3.30. The van der Waals surface area contributed by atoms with E-state index in [-0.39, 0.29) is 0 Å². The number of ether oxygens (including phenoxy) is 3. The van der Waals surface area contributed by atoms with Gasteiger partial charge in [-0.25, -0.2) is 4.79 Å². The molecule has 0 aliphatic carbocycles. The first-order valence-electron chi connectivity index (χ1n) is 3.79. The molecule has 0 saturated heterocycles. The van der Waals surface area contributed by atoms with Crippen LogP contribution in [0.1, 0.15) is 20.8 Å². The zero-order valence-electron chi connectivity index (χ0n) is 8.45. The van der Waals surface area contributed by atoms with Crippen LogP contribution in [0.5, 0.6) is 0 Å². The van der Waals surface area contributed by atoms with Crippen molar-refractivity contribution < 1.29 is 28.6 Å². The molecule has 0 aliphatic rings. The predicted octanol–water partition coefficient (Wildman–Crippen LogP) is 0.00180. The van der Waals surface area contributed by atoms with Gasteiger partial charge < -0.3 is 14.2 Å². The monoisotopic (exact) mass is 204 g/mol. The predicted molar refractivity (Wildman–Crippen MR) is 44.0 cm³/mol. The summed E-state index contributed by atoms with van der Waals surface area (Å²) in [6, 6.07) is 0. The molecule has 0 spiro atoms. The zero-order valence-corrected chi connectivity index (χ0v) is 8.45. The first-order valence-corrected chi connectivity index (χ1v) is 3.79. The van der Waals surface area contributed by atoms with Crippen molar-refractivity contribution in [2.24, 2.45) is 0 Å². The molecule has 0 N–H and O–H groups in total. The van der Waals surface area contributed by atoms with E-state index in [1.807, 2.05) is 0 Å². The fourth-order valence-corrected chi connectivity index (χ4v) is 0.838. The third kappa shape index (κ3) is 3.42. The van der Waals surface area contributed by atoms with Crippen LogP contribution in [0.3, 0.4) is 0 Å². The first kappa shape index (κ1) is 12.4. The quantitative estimate of drug-likeness (QED) is 0.475. The van der Waals surface area contributed by atoms with Crippen molar-refractivity contribution in [2.45, 2.75) is 26.6 Å².